The summed E-state index contributed by atoms with van der Waals surface area (Å²) in [6.07, 6.45) is 6.43. The topological polar surface area (TPSA) is 57.7 Å². The van der Waals surface area contributed by atoms with E-state index in [0.717, 1.165) is 73.6 Å². The normalized spacial score (nSPS) is 25.0. The number of nitrogens with one attached hydrogen (secondary N) is 1. The molecule has 2 aliphatic heterocycles. The van der Waals surface area contributed by atoms with Crippen LogP contribution in [0.25, 0.3) is 0 Å². The quantitative estimate of drug-likeness (QED) is 0.752. The van der Waals surface area contributed by atoms with Gasteiger partial charge in [-0.3, -0.25) is 9.18 Å². The minimum Gasteiger partial charge on any atom is -0.381 e. The molecule has 32 heavy (non-hydrogen) atoms. The second kappa shape index (κ2) is 9.06. The van der Waals surface area contributed by atoms with Gasteiger partial charge in [-0.15, -0.1) is 0 Å². The molecule has 0 unspecified atom stereocenters. The van der Waals surface area contributed by atoms with Crippen LogP contribution in [0.3, 0.4) is 0 Å². The molecule has 0 bridgehead atoms. The highest BCUT2D eigenvalue weighted by atomic mass is 19.1. The number of methoxy groups -OCH3 is 1. The van der Waals surface area contributed by atoms with Crippen molar-refractivity contribution >= 4 is 28.8 Å². The zero-order chi connectivity index (χ0) is 22.1. The van der Waals surface area contributed by atoms with Gasteiger partial charge in [-0.1, -0.05) is 6.07 Å². The number of amides is 1. The zero-order valence-electron chi connectivity index (χ0n) is 18.6. The van der Waals surface area contributed by atoms with Crippen LogP contribution in [0, 0.1) is 11.8 Å². The molecule has 1 N–H and O–H groups in total. The van der Waals surface area contributed by atoms with Crippen LogP contribution in [0.4, 0.5) is 27.3 Å². The summed E-state index contributed by atoms with van der Waals surface area (Å²) >= 11 is 0. The van der Waals surface area contributed by atoms with Gasteiger partial charge in [0.15, 0.2) is 0 Å². The molecular formula is C25H31FN4O2. The van der Waals surface area contributed by atoms with Crippen LogP contribution in [-0.2, 0) is 16.1 Å². The number of pyridine rings is 1. The maximum Gasteiger partial charge on any atom is 0.230 e. The number of halogens is 1. The van der Waals surface area contributed by atoms with E-state index < -0.39 is 0 Å². The summed E-state index contributed by atoms with van der Waals surface area (Å²) in [5.74, 6) is 1.05. The monoisotopic (exact) mass is 438 g/mol. The number of anilines is 4. The van der Waals surface area contributed by atoms with Crippen molar-refractivity contribution in [2.24, 2.45) is 11.8 Å². The molecule has 1 aromatic carbocycles. The van der Waals surface area contributed by atoms with Gasteiger partial charge in [-0.25, -0.2) is 4.98 Å². The maximum absolute atomic E-state index is 13.8. The molecule has 6 nitrogen and oxygen atoms in total. The smallest absolute Gasteiger partial charge is 0.230 e. The third kappa shape index (κ3) is 4.06. The maximum atomic E-state index is 13.8. The van der Waals surface area contributed by atoms with E-state index in [2.05, 4.69) is 27.3 Å². The summed E-state index contributed by atoms with van der Waals surface area (Å²) in [6, 6.07) is 10.1. The van der Waals surface area contributed by atoms with Crippen molar-refractivity contribution in [1.82, 2.24) is 4.98 Å². The van der Waals surface area contributed by atoms with Crippen molar-refractivity contribution in [1.29, 1.82) is 0 Å². The second-order valence-electron chi connectivity index (χ2n) is 9.23. The van der Waals surface area contributed by atoms with E-state index in [1.165, 1.54) is 0 Å². The first-order chi connectivity index (χ1) is 15.7. The summed E-state index contributed by atoms with van der Waals surface area (Å²) < 4.78 is 18.7. The molecule has 1 atom stereocenters. The fourth-order valence-electron chi connectivity index (χ4n) is 5.26. The predicted octanol–water partition coefficient (Wildman–Crippen LogP) is 4.67. The number of hydrogen-bond acceptors (Lipinski definition) is 5. The van der Waals surface area contributed by atoms with Crippen molar-refractivity contribution in [3.05, 3.63) is 42.1 Å². The number of nitrogens with zero attached hydrogens (tertiary/aromatic N) is 3. The molecular weight excluding hydrogens is 407 g/mol. The van der Waals surface area contributed by atoms with Crippen LogP contribution < -0.4 is 15.1 Å². The van der Waals surface area contributed by atoms with Gasteiger partial charge in [0.1, 0.15) is 5.82 Å². The Labute approximate surface area is 188 Å². The molecule has 1 amide bonds. The number of fused-ring (bicyclic) bond motifs is 2. The van der Waals surface area contributed by atoms with E-state index in [9.17, 15) is 9.18 Å². The number of aromatic nitrogens is 1. The van der Waals surface area contributed by atoms with Gasteiger partial charge in [0.25, 0.3) is 0 Å². The highest BCUT2D eigenvalue weighted by molar-refractivity contribution is 6.00. The summed E-state index contributed by atoms with van der Waals surface area (Å²) in [5, 5.41) is 3.44. The van der Waals surface area contributed by atoms with Crippen molar-refractivity contribution in [2.75, 3.05) is 42.0 Å². The van der Waals surface area contributed by atoms with Gasteiger partial charge in [-0.2, -0.15) is 0 Å². The van der Waals surface area contributed by atoms with Gasteiger partial charge in [0.05, 0.1) is 30.7 Å². The third-order valence-electron chi connectivity index (χ3n) is 7.24. The number of carbonyl (C=O) groups is 1. The van der Waals surface area contributed by atoms with Gasteiger partial charge in [-0.05, 0) is 56.4 Å². The number of ether oxygens (including phenoxy) is 1. The lowest BCUT2D eigenvalue weighted by Gasteiger charge is -2.32. The average molecular weight is 439 g/mol. The van der Waals surface area contributed by atoms with Crippen LogP contribution in [0.1, 0.15) is 37.7 Å². The number of benzene rings is 1. The highest BCUT2D eigenvalue weighted by Gasteiger charge is 2.33. The summed E-state index contributed by atoms with van der Waals surface area (Å²) in [7, 11) is 1.75. The summed E-state index contributed by atoms with van der Waals surface area (Å²) in [4.78, 5) is 22.4. The third-order valence-corrected chi connectivity index (χ3v) is 7.24. The first kappa shape index (κ1) is 21.2. The molecule has 170 valence electrons. The fraction of sp³-hybridized carbons (Fsp3) is 0.520. The van der Waals surface area contributed by atoms with Gasteiger partial charge in [0.2, 0.25) is 5.91 Å². The van der Waals surface area contributed by atoms with E-state index >= 15 is 0 Å². The SMILES string of the molecule is CO[C@H]1CC[C@H](C(=O)N2Cc3cccnc3Nc3ccc(N4CC[C@@H](CF)C4)cc32)CC1. The van der Waals surface area contributed by atoms with E-state index in [0.29, 0.717) is 6.54 Å². The molecule has 1 saturated carbocycles. The fourth-order valence-corrected chi connectivity index (χ4v) is 5.26. The summed E-state index contributed by atoms with van der Waals surface area (Å²) in [5.41, 5.74) is 3.80. The van der Waals surface area contributed by atoms with Crippen LogP contribution >= 0.6 is 0 Å². The van der Waals surface area contributed by atoms with E-state index in [1.54, 1.807) is 13.3 Å². The van der Waals surface area contributed by atoms with Crippen molar-refractivity contribution in [3.63, 3.8) is 0 Å². The minimum absolute atomic E-state index is 0.00108. The van der Waals surface area contributed by atoms with E-state index in [1.807, 2.05) is 23.1 Å². The molecule has 2 fully saturated rings. The second-order valence-corrected chi connectivity index (χ2v) is 9.23. The number of hydrogen-bond donors (Lipinski definition) is 1. The van der Waals surface area contributed by atoms with Crippen molar-refractivity contribution in [3.8, 4) is 0 Å². The van der Waals surface area contributed by atoms with Gasteiger partial charge >= 0.3 is 0 Å². The molecule has 3 aliphatic rings. The Morgan fingerprint density at radius 2 is 2.06 bits per heavy atom. The minimum atomic E-state index is -0.279. The lowest BCUT2D eigenvalue weighted by atomic mass is 9.86. The molecule has 1 aromatic heterocycles. The highest BCUT2D eigenvalue weighted by Crippen LogP contribution is 2.40. The Morgan fingerprint density at radius 3 is 2.81 bits per heavy atom. The van der Waals surface area contributed by atoms with Crippen molar-refractivity contribution < 1.29 is 13.9 Å². The Hall–Kier alpha value is -2.67. The van der Waals surface area contributed by atoms with Gasteiger partial charge in [0, 0.05) is 49.5 Å². The predicted molar refractivity (Wildman–Crippen MR) is 124 cm³/mol. The van der Waals surface area contributed by atoms with E-state index in [4.69, 9.17) is 4.74 Å². The lowest BCUT2D eigenvalue weighted by Crippen LogP contribution is -2.38. The van der Waals surface area contributed by atoms with Crippen molar-refractivity contribution in [2.45, 2.75) is 44.8 Å². The largest absolute Gasteiger partial charge is 0.381 e. The molecule has 3 heterocycles. The van der Waals surface area contributed by atoms with Crippen LogP contribution in [0.2, 0.25) is 0 Å². The Bertz CT molecular complexity index is 976. The molecule has 1 saturated heterocycles. The first-order valence-electron chi connectivity index (χ1n) is 11.7. The van der Waals surface area contributed by atoms with Gasteiger partial charge < -0.3 is 19.9 Å². The molecule has 0 spiro atoms. The standard InChI is InChI=1S/C25H31FN4O2/c1-32-21-7-4-18(5-8-21)25(31)30-16-19-3-2-11-27-24(19)28-22-9-6-20(13-23(22)30)29-12-10-17(14-26)15-29/h2-3,6,9,11,13,17-18,21H,4-5,7-8,10,12,14-16H2,1H3,(H,27,28)/t17-,18-,21-/m0/s1. The average Bonchev–Trinajstić information content (AvgIpc) is 3.26. The van der Waals surface area contributed by atoms with Crippen LogP contribution in [0.5, 0.6) is 0 Å². The lowest BCUT2D eigenvalue weighted by molar-refractivity contribution is -0.124. The molecule has 0 radical (unpaired) electrons. The van der Waals surface area contributed by atoms with Crippen LogP contribution in [-0.4, -0.2) is 43.9 Å². The first-order valence-corrected chi connectivity index (χ1v) is 11.7. The number of carbonyl (C=O) groups excluding carboxylic acids is 1. The molecule has 5 rings (SSSR count). The zero-order valence-corrected chi connectivity index (χ0v) is 18.6. The number of rotatable bonds is 4. The summed E-state index contributed by atoms with van der Waals surface area (Å²) in [6.45, 7) is 1.78. The Balaban J connectivity index is 1.48. The Kier molecular flexibility index (Phi) is 6.00. The van der Waals surface area contributed by atoms with Crippen LogP contribution in [0.15, 0.2) is 36.5 Å². The molecule has 2 aromatic rings. The van der Waals surface area contributed by atoms with E-state index in [-0.39, 0.29) is 30.5 Å². The Morgan fingerprint density at radius 1 is 1.22 bits per heavy atom. The number of alkyl halides is 1. The molecule has 7 heteroatoms. The molecule has 1 aliphatic carbocycles.